The molecule has 2 saturated carbocycles. The summed E-state index contributed by atoms with van der Waals surface area (Å²) >= 11 is 3.18. The normalized spacial score (nSPS) is 13.0. The van der Waals surface area contributed by atoms with Crippen LogP contribution in [0.5, 0.6) is 21.6 Å². The van der Waals surface area contributed by atoms with Crippen LogP contribution >= 0.6 is 22.7 Å². The van der Waals surface area contributed by atoms with Gasteiger partial charge in [-0.2, -0.15) is 0 Å². The number of aromatic carboxylic acids is 1. The van der Waals surface area contributed by atoms with E-state index in [-0.39, 0.29) is 11.4 Å². The number of methoxy groups -OCH3 is 1. The predicted molar refractivity (Wildman–Crippen MR) is 246 cm³/mol. The van der Waals surface area contributed by atoms with Crippen LogP contribution in [0.25, 0.3) is 22.5 Å². The Morgan fingerprint density at radius 1 is 0.609 bits per heavy atom. The number of rotatable bonds is 14. The summed E-state index contributed by atoms with van der Waals surface area (Å²) in [5.74, 6) is 2.69. The summed E-state index contributed by atoms with van der Waals surface area (Å²) in [4.78, 5) is 49.9. The Morgan fingerprint density at radius 2 is 1.12 bits per heavy atom. The Bertz CT molecular complexity index is 2940. The van der Waals surface area contributed by atoms with Gasteiger partial charge in [-0.05, 0) is 68.5 Å². The summed E-state index contributed by atoms with van der Waals surface area (Å²) in [7, 11) is 1.32. The smallest absolute Gasteiger partial charge is 0.356 e. The Kier molecular flexibility index (Phi) is 12.3. The molecule has 0 spiro atoms. The maximum Gasteiger partial charge on any atom is 0.356 e. The van der Waals surface area contributed by atoms with Crippen molar-refractivity contribution in [2.75, 3.05) is 17.7 Å². The molecule has 0 aliphatic heterocycles. The first kappa shape index (κ1) is 41.8. The molecule has 320 valence electrons. The molecule has 16 heteroatoms. The molecule has 2 aromatic carbocycles. The van der Waals surface area contributed by atoms with Crippen molar-refractivity contribution in [2.24, 2.45) is 0 Å². The molecule has 10 rings (SSSR count). The van der Waals surface area contributed by atoms with Crippen molar-refractivity contribution in [3.05, 3.63) is 155 Å². The Hall–Kier alpha value is -7.56. The van der Waals surface area contributed by atoms with Crippen LogP contribution in [0.2, 0.25) is 0 Å². The summed E-state index contributed by atoms with van der Waals surface area (Å²) in [6.07, 6.45) is 8.00. The average Bonchev–Trinajstić information content (AvgIpc) is 4.27. The molecule has 2 fully saturated rings. The topological polar surface area (TPSA) is 183 Å². The number of hydrogen-bond donors (Lipinski definition) is 3. The third-order valence-corrected chi connectivity index (χ3v) is 12.2. The van der Waals surface area contributed by atoms with Gasteiger partial charge in [0.25, 0.3) is 0 Å². The molecular weight excluding hydrogens is 849 g/mol. The quantitative estimate of drug-likeness (QED) is 0.0876. The van der Waals surface area contributed by atoms with Gasteiger partial charge in [0.2, 0.25) is 10.1 Å². The Balaban J connectivity index is 0.000000162. The molecule has 64 heavy (non-hydrogen) atoms. The van der Waals surface area contributed by atoms with Gasteiger partial charge in [-0.25, -0.2) is 39.5 Å². The summed E-state index contributed by atoms with van der Waals surface area (Å²) in [6.45, 7) is 1.71. The minimum absolute atomic E-state index is 0.00664. The minimum Gasteiger partial charge on any atom is -0.477 e. The zero-order chi connectivity index (χ0) is 44.0. The fourth-order valence-electron chi connectivity index (χ4n) is 6.45. The monoisotopic (exact) mass is 888 g/mol. The van der Waals surface area contributed by atoms with E-state index in [9.17, 15) is 14.7 Å². The number of hydrogen-bond acceptors (Lipinski definition) is 15. The van der Waals surface area contributed by atoms with Crippen molar-refractivity contribution in [1.29, 1.82) is 0 Å². The lowest BCUT2D eigenvalue weighted by Crippen LogP contribution is -2.06. The van der Waals surface area contributed by atoms with E-state index in [4.69, 9.17) is 24.2 Å². The van der Waals surface area contributed by atoms with E-state index >= 15 is 0 Å². The molecule has 6 heterocycles. The van der Waals surface area contributed by atoms with Crippen LogP contribution in [0.1, 0.15) is 74.1 Å². The number of aryl methyl sites for hydroxylation is 1. The molecule has 14 nitrogen and oxygen atoms in total. The molecule has 0 atom stereocenters. The second kappa shape index (κ2) is 18.8. The van der Waals surface area contributed by atoms with Crippen molar-refractivity contribution in [3.8, 4) is 44.1 Å². The van der Waals surface area contributed by atoms with Crippen LogP contribution in [0.3, 0.4) is 0 Å². The maximum atomic E-state index is 11.7. The lowest BCUT2D eigenvalue weighted by Gasteiger charge is -2.09. The second-order valence-electron chi connectivity index (χ2n) is 14.9. The number of carboxylic acids is 1. The average molecular weight is 889 g/mol. The molecule has 6 aromatic heterocycles. The van der Waals surface area contributed by atoms with Gasteiger partial charge < -0.3 is 30.0 Å². The first-order chi connectivity index (χ1) is 31.3. The van der Waals surface area contributed by atoms with E-state index in [2.05, 4.69) is 30.6 Å². The minimum atomic E-state index is -1.07. The molecule has 8 aromatic rings. The highest BCUT2D eigenvalue weighted by Crippen LogP contribution is 2.49. The van der Waals surface area contributed by atoms with Gasteiger partial charge in [0, 0.05) is 47.5 Å². The van der Waals surface area contributed by atoms with Crippen LogP contribution in [-0.2, 0) is 4.74 Å². The predicted octanol–water partition coefficient (Wildman–Crippen LogP) is 11.8. The zero-order valence-electron chi connectivity index (χ0n) is 34.6. The standard InChI is InChI=1S/2C24H20N4O3S/c1-30-23(29)18-8-5-9-19(26-18)27-20-14-17(12-13-25-20)31-24-21(15-6-3-2-4-7-15)28-22(32-24)16-10-11-16;1-14-7-10-18(27-20(14)23(29)30)26-19-13-17(11-12-25-19)31-24-21(15-5-3-2-4-6-15)28-22(32-24)16-8-9-16/h2-9,12-14,16H,10-11H2,1H3,(H,25,26,27);2-7,10-13,16H,8-9H2,1H3,(H,29,30)(H,25,26,27). The zero-order valence-corrected chi connectivity index (χ0v) is 36.2. The van der Waals surface area contributed by atoms with E-state index in [0.717, 1.165) is 42.7 Å². The lowest BCUT2D eigenvalue weighted by atomic mass is 10.2. The second-order valence-corrected chi connectivity index (χ2v) is 16.9. The third-order valence-electron chi connectivity index (χ3n) is 10.0. The molecule has 0 radical (unpaired) electrons. The number of carbonyl (C=O) groups is 2. The highest BCUT2D eigenvalue weighted by atomic mass is 32.1. The first-order valence-corrected chi connectivity index (χ1v) is 22.1. The number of benzene rings is 2. The molecule has 2 aliphatic carbocycles. The van der Waals surface area contributed by atoms with E-state index in [1.165, 1.54) is 32.8 Å². The van der Waals surface area contributed by atoms with Crippen LogP contribution in [0, 0.1) is 6.92 Å². The number of carboxylic acid groups (broad SMARTS) is 1. The van der Waals surface area contributed by atoms with E-state index in [1.54, 1.807) is 96.6 Å². The maximum absolute atomic E-state index is 11.7. The van der Waals surface area contributed by atoms with Gasteiger partial charge in [-0.1, -0.05) is 95.5 Å². The molecule has 2 aliphatic rings. The van der Waals surface area contributed by atoms with Crippen LogP contribution in [-0.4, -0.2) is 54.1 Å². The molecule has 3 N–H and O–H groups in total. The number of aromatic nitrogens is 6. The molecular formula is C48H40N8O6S2. The van der Waals surface area contributed by atoms with E-state index in [1.807, 2.05) is 60.7 Å². The number of thiazole rings is 2. The highest BCUT2D eigenvalue weighted by molar-refractivity contribution is 7.14. The molecule has 0 amide bonds. The summed E-state index contributed by atoms with van der Waals surface area (Å²) in [5.41, 5.74) is 4.57. The number of anilines is 4. The highest BCUT2D eigenvalue weighted by Gasteiger charge is 2.30. The molecule has 0 saturated heterocycles. The van der Waals surface area contributed by atoms with Gasteiger partial charge in [0.15, 0.2) is 11.4 Å². The van der Waals surface area contributed by atoms with E-state index < -0.39 is 11.9 Å². The lowest BCUT2D eigenvalue weighted by molar-refractivity contribution is 0.0593. The van der Waals surface area contributed by atoms with Gasteiger partial charge >= 0.3 is 11.9 Å². The van der Waals surface area contributed by atoms with Gasteiger partial charge in [0.1, 0.15) is 56.2 Å². The number of nitrogens with zero attached hydrogens (tertiary/aromatic N) is 6. The number of nitrogens with one attached hydrogen (secondary N) is 2. The third kappa shape index (κ3) is 10.2. The van der Waals surface area contributed by atoms with Crippen molar-refractivity contribution in [3.63, 3.8) is 0 Å². The molecule has 0 bridgehead atoms. The van der Waals surface area contributed by atoms with E-state index in [0.29, 0.717) is 52.2 Å². The SMILES string of the molecule is COC(=O)c1cccc(Nc2cc(Oc3sc(C4CC4)nc3-c3ccccc3)ccn2)n1.Cc1ccc(Nc2cc(Oc3sc(C4CC4)nc3-c3ccccc3)ccn2)nc1C(=O)O. The number of esters is 1. The largest absolute Gasteiger partial charge is 0.477 e. The number of pyridine rings is 4. The number of carbonyl (C=O) groups excluding carboxylic acids is 1. The van der Waals surface area contributed by atoms with Crippen molar-refractivity contribution in [1.82, 2.24) is 29.9 Å². The van der Waals surface area contributed by atoms with Crippen molar-refractivity contribution < 1.29 is 28.9 Å². The first-order valence-electron chi connectivity index (χ1n) is 20.5. The van der Waals surface area contributed by atoms with Crippen molar-refractivity contribution in [2.45, 2.75) is 44.4 Å². The van der Waals surface area contributed by atoms with Gasteiger partial charge in [-0.3, -0.25) is 0 Å². The van der Waals surface area contributed by atoms with Crippen LogP contribution in [0.15, 0.2) is 128 Å². The van der Waals surface area contributed by atoms with Crippen LogP contribution < -0.4 is 20.1 Å². The Morgan fingerprint density at radius 3 is 1.61 bits per heavy atom. The Labute approximate surface area is 376 Å². The number of ether oxygens (including phenoxy) is 3. The van der Waals surface area contributed by atoms with Crippen LogP contribution in [0.4, 0.5) is 23.3 Å². The summed E-state index contributed by atoms with van der Waals surface area (Å²) in [5, 5.41) is 19.2. The van der Waals surface area contributed by atoms with Crippen molar-refractivity contribution >= 4 is 57.9 Å². The molecule has 0 unspecified atom stereocenters. The van der Waals surface area contributed by atoms with Gasteiger partial charge in [-0.15, -0.1) is 0 Å². The fraction of sp³-hybridized carbons (Fsp3) is 0.167. The summed E-state index contributed by atoms with van der Waals surface area (Å²) in [6, 6.07) is 35.7. The fourth-order valence-corrected chi connectivity index (χ4v) is 8.70. The van der Waals surface area contributed by atoms with Gasteiger partial charge in [0.05, 0.1) is 7.11 Å². The summed E-state index contributed by atoms with van der Waals surface area (Å²) < 4.78 is 17.2.